The number of fused-ring (bicyclic) bond motifs is 7. The van der Waals surface area contributed by atoms with E-state index in [0.29, 0.717) is 5.84 Å². The molecular weight excluding hydrogens is 590 g/mol. The lowest BCUT2D eigenvalue weighted by Crippen LogP contribution is -2.33. The van der Waals surface area contributed by atoms with Crippen molar-refractivity contribution < 1.29 is 8.83 Å². The van der Waals surface area contributed by atoms with Crippen molar-refractivity contribution in [3.8, 4) is 11.1 Å². The lowest BCUT2D eigenvalue weighted by atomic mass is 9.98. The molecule has 1 unspecified atom stereocenters. The van der Waals surface area contributed by atoms with Crippen LogP contribution in [-0.4, -0.2) is 11.7 Å². The van der Waals surface area contributed by atoms with Crippen LogP contribution in [0.15, 0.2) is 170 Å². The Morgan fingerprint density at radius 2 is 1.15 bits per heavy atom. The fourth-order valence-corrected chi connectivity index (χ4v) is 6.96. The highest BCUT2D eigenvalue weighted by molar-refractivity contribution is 6.22. The van der Waals surface area contributed by atoms with E-state index in [1.54, 1.807) is 0 Å². The van der Waals surface area contributed by atoms with E-state index >= 15 is 0 Å². The quantitative estimate of drug-likeness (QED) is 0.214. The fraction of sp³-hybridized carbons (Fsp3) is 0.0233. The summed E-state index contributed by atoms with van der Waals surface area (Å²) in [5.41, 5.74) is 8.60. The molecule has 0 radical (unpaired) electrons. The van der Waals surface area contributed by atoms with Crippen LogP contribution in [0.2, 0.25) is 0 Å². The number of furan rings is 2. The molecule has 0 saturated heterocycles. The molecule has 0 amide bonds. The summed E-state index contributed by atoms with van der Waals surface area (Å²) in [5, 5.41) is 10.3. The minimum absolute atomic E-state index is 0.327. The summed E-state index contributed by atoms with van der Waals surface area (Å²) in [4.78, 5) is 10.3. The van der Waals surface area contributed by atoms with Gasteiger partial charge in [0.05, 0.1) is 0 Å². The molecule has 226 valence electrons. The summed E-state index contributed by atoms with van der Waals surface area (Å²) in [7, 11) is 0. The molecule has 7 aromatic carbocycles. The van der Waals surface area contributed by atoms with Gasteiger partial charge >= 0.3 is 0 Å². The molecule has 1 aliphatic heterocycles. The normalized spacial score (nSPS) is 14.9. The van der Waals surface area contributed by atoms with Gasteiger partial charge in [0.2, 0.25) is 0 Å². The molecule has 0 fully saturated rings. The van der Waals surface area contributed by atoms with Crippen LogP contribution in [0, 0.1) is 0 Å². The van der Waals surface area contributed by atoms with E-state index in [9.17, 15) is 0 Å². The minimum Gasteiger partial charge on any atom is -0.456 e. The van der Waals surface area contributed by atoms with Crippen LogP contribution >= 0.6 is 0 Å². The second kappa shape index (κ2) is 10.5. The molecule has 1 N–H and O–H groups in total. The second-order valence-corrected chi connectivity index (χ2v) is 12.2. The van der Waals surface area contributed by atoms with E-state index in [2.05, 4.69) is 96.3 Å². The Labute approximate surface area is 275 Å². The number of nitrogens with one attached hydrogen (secondary N) is 1. The standard InChI is InChI=1S/C43H27N3O2/c1-2-10-27(11-3-1)41-44-42(31-20-22-37-34(25-31)32-13-6-7-15-36(32)47-37)46-43(45-41)33-14-8-16-39-40(33)35-24-30(19-21-38(35)48-39)29-18-17-26-9-4-5-12-28(26)23-29/h1-25,41H,(H,44,45,46). The Hall–Kier alpha value is -6.46. The highest BCUT2D eigenvalue weighted by atomic mass is 16.3. The number of amidine groups is 2. The Bertz CT molecular complexity index is 2770. The van der Waals surface area contributed by atoms with Crippen LogP contribution in [-0.2, 0) is 0 Å². The third-order valence-corrected chi connectivity index (χ3v) is 9.33. The maximum absolute atomic E-state index is 6.42. The van der Waals surface area contributed by atoms with Crippen molar-refractivity contribution in [1.29, 1.82) is 0 Å². The van der Waals surface area contributed by atoms with Crippen molar-refractivity contribution in [3.63, 3.8) is 0 Å². The van der Waals surface area contributed by atoms with Gasteiger partial charge in [0.25, 0.3) is 0 Å². The van der Waals surface area contributed by atoms with Gasteiger partial charge in [-0.2, -0.15) is 0 Å². The summed E-state index contributed by atoms with van der Waals surface area (Å²) in [6.45, 7) is 0. The molecule has 5 nitrogen and oxygen atoms in total. The molecular formula is C43H27N3O2. The fourth-order valence-electron chi connectivity index (χ4n) is 6.96. The van der Waals surface area contributed by atoms with E-state index in [4.69, 9.17) is 18.8 Å². The van der Waals surface area contributed by atoms with E-state index in [0.717, 1.165) is 77.5 Å². The first kappa shape index (κ1) is 26.7. The molecule has 5 heteroatoms. The molecule has 1 atom stereocenters. The zero-order valence-electron chi connectivity index (χ0n) is 25.7. The number of aliphatic imine (C=N–C) groups is 2. The van der Waals surface area contributed by atoms with Crippen molar-refractivity contribution in [2.75, 3.05) is 0 Å². The molecule has 10 rings (SSSR count). The number of para-hydroxylation sites is 1. The zero-order valence-corrected chi connectivity index (χ0v) is 25.7. The maximum atomic E-state index is 6.42. The monoisotopic (exact) mass is 617 g/mol. The average Bonchev–Trinajstić information content (AvgIpc) is 3.72. The largest absolute Gasteiger partial charge is 0.456 e. The van der Waals surface area contributed by atoms with Gasteiger partial charge in [0.1, 0.15) is 34.3 Å². The first-order valence-corrected chi connectivity index (χ1v) is 16.1. The Morgan fingerprint density at radius 3 is 2.06 bits per heavy atom. The highest BCUT2D eigenvalue weighted by Gasteiger charge is 2.24. The lowest BCUT2D eigenvalue weighted by Gasteiger charge is -2.24. The first-order valence-electron chi connectivity index (χ1n) is 16.1. The van der Waals surface area contributed by atoms with Gasteiger partial charge in [-0.05, 0) is 76.0 Å². The number of nitrogens with zero attached hydrogens (tertiary/aromatic N) is 2. The summed E-state index contributed by atoms with van der Waals surface area (Å²) in [6.07, 6.45) is -0.327. The number of hydrogen-bond donors (Lipinski definition) is 1. The lowest BCUT2D eigenvalue weighted by molar-refractivity contribution is 0.667. The van der Waals surface area contributed by atoms with E-state index in [1.165, 1.54) is 10.8 Å². The predicted molar refractivity (Wildman–Crippen MR) is 196 cm³/mol. The molecule has 1 aliphatic rings. The molecule has 3 heterocycles. The molecule has 0 spiro atoms. The molecule has 48 heavy (non-hydrogen) atoms. The molecule has 2 aromatic heterocycles. The van der Waals surface area contributed by atoms with Crippen molar-refractivity contribution in [3.05, 3.63) is 168 Å². The van der Waals surface area contributed by atoms with E-state index < -0.39 is 0 Å². The minimum atomic E-state index is -0.327. The van der Waals surface area contributed by atoms with Gasteiger partial charge in [-0.25, -0.2) is 9.98 Å². The molecule has 0 saturated carbocycles. The Kier molecular flexibility index (Phi) is 5.87. The van der Waals surface area contributed by atoms with E-state index in [1.807, 2.05) is 60.7 Å². The maximum Gasteiger partial charge on any atom is 0.159 e. The van der Waals surface area contributed by atoms with Crippen LogP contribution in [0.25, 0.3) is 65.8 Å². The van der Waals surface area contributed by atoms with Crippen molar-refractivity contribution >= 4 is 66.3 Å². The Morgan fingerprint density at radius 1 is 0.479 bits per heavy atom. The van der Waals surface area contributed by atoms with Gasteiger partial charge in [-0.1, -0.05) is 103 Å². The second-order valence-electron chi connectivity index (χ2n) is 12.2. The van der Waals surface area contributed by atoms with Gasteiger partial charge in [0, 0.05) is 32.7 Å². The highest BCUT2D eigenvalue weighted by Crippen LogP contribution is 2.37. The van der Waals surface area contributed by atoms with Crippen LogP contribution in [0.1, 0.15) is 22.9 Å². The summed E-state index contributed by atoms with van der Waals surface area (Å²) < 4.78 is 12.5. The number of rotatable bonds is 4. The van der Waals surface area contributed by atoms with Crippen LogP contribution in [0.4, 0.5) is 0 Å². The third kappa shape index (κ3) is 4.32. The van der Waals surface area contributed by atoms with Gasteiger partial charge < -0.3 is 14.2 Å². The number of hydrogen-bond acceptors (Lipinski definition) is 5. The SMILES string of the molecule is c1ccc(C2N=C(c3ccc4oc5ccccc5c4c3)N=C(c3cccc4oc5ccc(-c6ccc7ccccc7c6)cc5c34)N2)cc1. The van der Waals surface area contributed by atoms with E-state index in [-0.39, 0.29) is 6.17 Å². The van der Waals surface area contributed by atoms with Gasteiger partial charge in [-0.3, -0.25) is 0 Å². The topological polar surface area (TPSA) is 63.0 Å². The zero-order chi connectivity index (χ0) is 31.6. The van der Waals surface area contributed by atoms with Crippen molar-refractivity contribution in [2.45, 2.75) is 6.17 Å². The summed E-state index contributed by atoms with van der Waals surface area (Å²) >= 11 is 0. The Balaban J connectivity index is 1.15. The molecule has 0 bridgehead atoms. The predicted octanol–water partition coefficient (Wildman–Crippen LogP) is 10.8. The van der Waals surface area contributed by atoms with Crippen LogP contribution in [0.5, 0.6) is 0 Å². The number of benzene rings is 7. The average molecular weight is 618 g/mol. The smallest absolute Gasteiger partial charge is 0.159 e. The van der Waals surface area contributed by atoms with Crippen LogP contribution < -0.4 is 5.32 Å². The third-order valence-electron chi connectivity index (χ3n) is 9.33. The van der Waals surface area contributed by atoms with Crippen LogP contribution in [0.3, 0.4) is 0 Å². The summed E-state index contributed by atoms with van der Waals surface area (Å²) in [5.74, 6) is 1.40. The van der Waals surface area contributed by atoms with Gasteiger partial charge in [-0.15, -0.1) is 0 Å². The van der Waals surface area contributed by atoms with Crippen molar-refractivity contribution in [1.82, 2.24) is 5.32 Å². The first-order chi connectivity index (χ1) is 23.7. The molecule has 0 aliphatic carbocycles. The van der Waals surface area contributed by atoms with Crippen molar-refractivity contribution in [2.24, 2.45) is 9.98 Å². The molecule has 9 aromatic rings. The summed E-state index contributed by atoms with van der Waals surface area (Å²) in [6, 6.07) is 52.3. The van der Waals surface area contributed by atoms with Gasteiger partial charge in [0.15, 0.2) is 5.84 Å².